The van der Waals surface area contributed by atoms with Crippen LogP contribution in [0.3, 0.4) is 0 Å². The minimum absolute atomic E-state index is 0.0263. The predicted octanol–water partition coefficient (Wildman–Crippen LogP) is 3.62. The minimum atomic E-state index is 0.0263. The van der Waals surface area contributed by atoms with E-state index in [0.717, 1.165) is 37.5 Å². The molecule has 2 unspecified atom stereocenters. The molecule has 0 saturated carbocycles. The fourth-order valence-corrected chi connectivity index (χ4v) is 2.72. The van der Waals surface area contributed by atoms with Gasteiger partial charge in [0.25, 0.3) is 0 Å². The number of rotatable bonds is 3. The van der Waals surface area contributed by atoms with Crippen LogP contribution in [0.5, 0.6) is 0 Å². The van der Waals surface area contributed by atoms with Crippen molar-refractivity contribution in [2.45, 2.75) is 39.2 Å². The van der Waals surface area contributed by atoms with Gasteiger partial charge < -0.3 is 15.5 Å². The van der Waals surface area contributed by atoms with Crippen molar-refractivity contribution in [1.29, 1.82) is 0 Å². The standard InChI is InChI=1S/C17H27N3O/c1-13-6-5-10-20(11-9-13)17(21)19-16-8-4-7-15(12-16)14(2)18-3/h4,7-8,12-14,18H,5-6,9-11H2,1-3H3,(H,19,21). The van der Waals surface area contributed by atoms with E-state index in [9.17, 15) is 4.79 Å². The lowest BCUT2D eigenvalue weighted by molar-refractivity contribution is 0.213. The fourth-order valence-electron chi connectivity index (χ4n) is 2.72. The van der Waals surface area contributed by atoms with E-state index in [4.69, 9.17) is 0 Å². The zero-order valence-corrected chi connectivity index (χ0v) is 13.4. The van der Waals surface area contributed by atoms with E-state index in [1.807, 2.05) is 30.1 Å². The molecule has 1 heterocycles. The van der Waals surface area contributed by atoms with Gasteiger partial charge >= 0.3 is 6.03 Å². The quantitative estimate of drug-likeness (QED) is 0.892. The number of hydrogen-bond acceptors (Lipinski definition) is 2. The van der Waals surface area contributed by atoms with Crippen LogP contribution in [0.1, 0.15) is 44.7 Å². The highest BCUT2D eigenvalue weighted by atomic mass is 16.2. The summed E-state index contributed by atoms with van der Waals surface area (Å²) in [6.45, 7) is 6.10. The van der Waals surface area contributed by atoms with E-state index in [-0.39, 0.29) is 12.1 Å². The molecule has 4 nitrogen and oxygen atoms in total. The van der Waals surface area contributed by atoms with Crippen molar-refractivity contribution in [2.24, 2.45) is 5.92 Å². The Morgan fingerprint density at radius 2 is 2.14 bits per heavy atom. The van der Waals surface area contributed by atoms with Gasteiger partial charge in [0.1, 0.15) is 0 Å². The molecular weight excluding hydrogens is 262 g/mol. The molecule has 0 aliphatic carbocycles. The van der Waals surface area contributed by atoms with Crippen molar-refractivity contribution < 1.29 is 4.79 Å². The molecule has 1 aliphatic rings. The van der Waals surface area contributed by atoms with E-state index in [1.165, 1.54) is 12.0 Å². The fraction of sp³-hybridized carbons (Fsp3) is 0.588. The molecule has 0 bridgehead atoms. The molecule has 2 amide bonds. The Morgan fingerprint density at radius 3 is 2.90 bits per heavy atom. The summed E-state index contributed by atoms with van der Waals surface area (Å²) in [5.41, 5.74) is 2.05. The Morgan fingerprint density at radius 1 is 1.33 bits per heavy atom. The summed E-state index contributed by atoms with van der Waals surface area (Å²) in [5, 5.41) is 6.25. The normalized spacial score (nSPS) is 20.7. The van der Waals surface area contributed by atoms with Gasteiger partial charge in [0.2, 0.25) is 0 Å². The Hall–Kier alpha value is -1.55. The highest BCUT2D eigenvalue weighted by Gasteiger charge is 2.18. The van der Waals surface area contributed by atoms with E-state index in [1.54, 1.807) is 0 Å². The number of likely N-dealkylation sites (tertiary alicyclic amines) is 1. The third-order valence-corrected chi connectivity index (χ3v) is 4.37. The zero-order chi connectivity index (χ0) is 15.2. The molecular formula is C17H27N3O. The van der Waals surface area contributed by atoms with Crippen molar-refractivity contribution >= 4 is 11.7 Å². The average molecular weight is 289 g/mol. The lowest BCUT2D eigenvalue weighted by Crippen LogP contribution is -2.35. The third kappa shape index (κ3) is 4.46. The van der Waals surface area contributed by atoms with Crippen LogP contribution >= 0.6 is 0 Å². The van der Waals surface area contributed by atoms with Crippen LogP contribution in [0, 0.1) is 5.92 Å². The zero-order valence-electron chi connectivity index (χ0n) is 13.4. The van der Waals surface area contributed by atoms with Crippen LogP contribution in [0.15, 0.2) is 24.3 Å². The molecule has 1 fully saturated rings. The molecule has 2 N–H and O–H groups in total. The van der Waals surface area contributed by atoms with Gasteiger partial charge in [-0.2, -0.15) is 0 Å². The maximum atomic E-state index is 12.4. The highest BCUT2D eigenvalue weighted by Crippen LogP contribution is 2.19. The minimum Gasteiger partial charge on any atom is -0.325 e. The second-order valence-corrected chi connectivity index (χ2v) is 6.09. The van der Waals surface area contributed by atoms with Gasteiger partial charge in [0.15, 0.2) is 0 Å². The molecule has 2 rings (SSSR count). The van der Waals surface area contributed by atoms with Crippen LogP contribution in [0.25, 0.3) is 0 Å². The first-order chi connectivity index (χ1) is 10.1. The van der Waals surface area contributed by atoms with Crippen molar-refractivity contribution in [3.8, 4) is 0 Å². The molecule has 0 spiro atoms. The molecule has 1 saturated heterocycles. The van der Waals surface area contributed by atoms with Crippen LogP contribution in [-0.4, -0.2) is 31.1 Å². The number of hydrogen-bond donors (Lipinski definition) is 2. The molecule has 2 atom stereocenters. The second kappa shape index (κ2) is 7.46. The second-order valence-electron chi connectivity index (χ2n) is 6.09. The Bertz CT molecular complexity index is 475. The highest BCUT2D eigenvalue weighted by molar-refractivity contribution is 5.89. The van der Waals surface area contributed by atoms with Gasteiger partial charge in [-0.3, -0.25) is 0 Å². The summed E-state index contributed by atoms with van der Waals surface area (Å²) in [5.74, 6) is 0.725. The van der Waals surface area contributed by atoms with Crippen LogP contribution in [-0.2, 0) is 0 Å². The lowest BCUT2D eigenvalue weighted by Gasteiger charge is -2.21. The van der Waals surface area contributed by atoms with Gasteiger partial charge in [-0.05, 0) is 56.8 Å². The van der Waals surface area contributed by atoms with Crippen molar-refractivity contribution in [2.75, 3.05) is 25.5 Å². The Kier molecular flexibility index (Phi) is 5.62. The molecule has 1 aromatic rings. The van der Waals surface area contributed by atoms with E-state index < -0.39 is 0 Å². The lowest BCUT2D eigenvalue weighted by atomic mass is 10.0. The summed E-state index contributed by atoms with van der Waals surface area (Å²) >= 11 is 0. The summed E-state index contributed by atoms with van der Waals surface area (Å²) in [6.07, 6.45) is 3.43. The Balaban J connectivity index is 1.99. The summed E-state index contributed by atoms with van der Waals surface area (Å²) in [4.78, 5) is 14.3. The van der Waals surface area contributed by atoms with Gasteiger partial charge in [-0.25, -0.2) is 4.79 Å². The monoisotopic (exact) mass is 289 g/mol. The molecule has 116 valence electrons. The number of carbonyl (C=O) groups excluding carboxylic acids is 1. The van der Waals surface area contributed by atoms with Crippen LogP contribution in [0.4, 0.5) is 10.5 Å². The number of amides is 2. The van der Waals surface area contributed by atoms with E-state index >= 15 is 0 Å². The summed E-state index contributed by atoms with van der Waals surface area (Å²) in [7, 11) is 1.94. The van der Waals surface area contributed by atoms with Gasteiger partial charge in [-0.1, -0.05) is 19.1 Å². The molecule has 0 radical (unpaired) electrons. The van der Waals surface area contributed by atoms with Crippen LogP contribution < -0.4 is 10.6 Å². The number of nitrogens with zero attached hydrogens (tertiary/aromatic N) is 1. The SMILES string of the molecule is CNC(C)c1cccc(NC(=O)N2CCCC(C)CC2)c1. The first kappa shape index (κ1) is 15.8. The van der Waals surface area contributed by atoms with Crippen molar-refractivity contribution in [3.05, 3.63) is 29.8 Å². The number of carbonyl (C=O) groups is 1. The molecule has 0 aromatic heterocycles. The maximum absolute atomic E-state index is 12.4. The average Bonchev–Trinajstić information content (AvgIpc) is 2.71. The number of benzene rings is 1. The van der Waals surface area contributed by atoms with Gasteiger partial charge in [0, 0.05) is 24.8 Å². The van der Waals surface area contributed by atoms with E-state index in [0.29, 0.717) is 0 Å². The number of urea groups is 1. The van der Waals surface area contributed by atoms with Gasteiger partial charge in [0.05, 0.1) is 0 Å². The van der Waals surface area contributed by atoms with Crippen molar-refractivity contribution in [3.63, 3.8) is 0 Å². The smallest absolute Gasteiger partial charge is 0.321 e. The van der Waals surface area contributed by atoms with Crippen LogP contribution in [0.2, 0.25) is 0 Å². The topological polar surface area (TPSA) is 44.4 Å². The largest absolute Gasteiger partial charge is 0.325 e. The number of anilines is 1. The predicted molar refractivity (Wildman–Crippen MR) is 87.5 cm³/mol. The molecule has 4 heteroatoms. The first-order valence-corrected chi connectivity index (χ1v) is 7.93. The third-order valence-electron chi connectivity index (χ3n) is 4.37. The maximum Gasteiger partial charge on any atom is 0.321 e. The first-order valence-electron chi connectivity index (χ1n) is 7.93. The van der Waals surface area contributed by atoms with Gasteiger partial charge in [-0.15, -0.1) is 0 Å². The van der Waals surface area contributed by atoms with E-state index in [2.05, 4.69) is 30.5 Å². The molecule has 1 aliphatic heterocycles. The summed E-state index contributed by atoms with van der Waals surface area (Å²) in [6, 6.07) is 8.36. The number of nitrogens with one attached hydrogen (secondary N) is 2. The summed E-state index contributed by atoms with van der Waals surface area (Å²) < 4.78 is 0. The molecule has 21 heavy (non-hydrogen) atoms. The van der Waals surface area contributed by atoms with Crippen molar-refractivity contribution in [1.82, 2.24) is 10.2 Å². The Labute approximate surface area is 127 Å². The molecule has 1 aromatic carbocycles.